The maximum Gasteiger partial charge on any atom is 0.273 e. The van der Waals surface area contributed by atoms with Crippen molar-refractivity contribution in [3.63, 3.8) is 0 Å². The molecule has 19 heavy (non-hydrogen) atoms. The molecule has 0 unspecified atom stereocenters. The normalized spacial score (nSPS) is 17.4. The van der Waals surface area contributed by atoms with Crippen LogP contribution in [-0.4, -0.2) is 4.92 Å². The highest BCUT2D eigenvalue weighted by molar-refractivity contribution is 5.47. The molecule has 0 atom stereocenters. The zero-order valence-electron chi connectivity index (χ0n) is 12.1. The number of nitro benzene ring substituents is 1. The molecule has 0 spiro atoms. The fourth-order valence-electron chi connectivity index (χ4n) is 3.02. The van der Waals surface area contributed by atoms with Crippen LogP contribution in [0.4, 0.5) is 5.69 Å². The molecule has 0 aromatic heterocycles. The first-order valence-corrected chi connectivity index (χ1v) is 7.18. The minimum absolute atomic E-state index is 0.187. The summed E-state index contributed by atoms with van der Waals surface area (Å²) in [6, 6.07) is 5.88. The standard InChI is InChI=1S/C16H23NO2/c1-16(2,3)14-10-9-13(11-15(14)17(18)19)12-7-5-4-6-8-12/h9-12H,4-8H2,1-3H3. The topological polar surface area (TPSA) is 43.1 Å². The van der Waals surface area contributed by atoms with E-state index >= 15 is 0 Å². The molecule has 0 N–H and O–H groups in total. The van der Waals surface area contributed by atoms with Crippen molar-refractivity contribution in [3.05, 3.63) is 39.4 Å². The molecule has 1 aromatic rings. The molecular weight excluding hydrogens is 238 g/mol. The third-order valence-electron chi connectivity index (χ3n) is 4.10. The molecule has 3 heteroatoms. The van der Waals surface area contributed by atoms with Gasteiger partial charge in [-0.3, -0.25) is 10.1 Å². The summed E-state index contributed by atoms with van der Waals surface area (Å²) in [6.45, 7) is 6.07. The van der Waals surface area contributed by atoms with Gasteiger partial charge in [-0.25, -0.2) is 0 Å². The van der Waals surface area contributed by atoms with E-state index in [0.29, 0.717) is 5.92 Å². The van der Waals surface area contributed by atoms with E-state index < -0.39 is 0 Å². The Labute approximate surface area is 115 Å². The second-order valence-electron chi connectivity index (χ2n) is 6.62. The number of rotatable bonds is 2. The van der Waals surface area contributed by atoms with E-state index in [-0.39, 0.29) is 16.0 Å². The second-order valence-corrected chi connectivity index (χ2v) is 6.62. The number of nitro groups is 1. The molecule has 0 radical (unpaired) electrons. The van der Waals surface area contributed by atoms with Crippen LogP contribution in [0.15, 0.2) is 18.2 Å². The quantitative estimate of drug-likeness (QED) is 0.559. The summed E-state index contributed by atoms with van der Waals surface area (Å²) in [7, 11) is 0. The van der Waals surface area contributed by atoms with Crippen molar-refractivity contribution in [2.24, 2.45) is 0 Å². The van der Waals surface area contributed by atoms with Crippen LogP contribution in [0, 0.1) is 10.1 Å². The van der Waals surface area contributed by atoms with Crippen molar-refractivity contribution in [1.82, 2.24) is 0 Å². The van der Waals surface area contributed by atoms with Gasteiger partial charge in [-0.15, -0.1) is 0 Å². The molecule has 1 aliphatic carbocycles. The zero-order chi connectivity index (χ0) is 14.0. The average molecular weight is 261 g/mol. The van der Waals surface area contributed by atoms with Crippen LogP contribution in [-0.2, 0) is 5.41 Å². The first-order chi connectivity index (χ1) is 8.89. The van der Waals surface area contributed by atoms with Crippen molar-refractivity contribution >= 4 is 5.69 Å². The van der Waals surface area contributed by atoms with Crippen molar-refractivity contribution in [2.75, 3.05) is 0 Å². The van der Waals surface area contributed by atoms with Gasteiger partial charge in [0.15, 0.2) is 0 Å². The van der Waals surface area contributed by atoms with Crippen molar-refractivity contribution in [3.8, 4) is 0 Å². The molecule has 1 aliphatic rings. The fraction of sp³-hybridized carbons (Fsp3) is 0.625. The molecular formula is C16H23NO2. The molecule has 0 saturated heterocycles. The highest BCUT2D eigenvalue weighted by Crippen LogP contribution is 2.37. The second kappa shape index (κ2) is 5.32. The third-order valence-corrected chi connectivity index (χ3v) is 4.10. The van der Waals surface area contributed by atoms with E-state index in [0.717, 1.165) is 11.1 Å². The summed E-state index contributed by atoms with van der Waals surface area (Å²) in [5, 5.41) is 11.3. The Balaban J connectivity index is 2.38. The average Bonchev–Trinajstić information content (AvgIpc) is 2.38. The molecule has 1 saturated carbocycles. The summed E-state index contributed by atoms with van der Waals surface area (Å²) in [5.41, 5.74) is 2.08. The summed E-state index contributed by atoms with van der Waals surface area (Å²) in [4.78, 5) is 11.1. The van der Waals surface area contributed by atoms with Gasteiger partial charge in [0.1, 0.15) is 0 Å². The van der Waals surface area contributed by atoms with Crippen LogP contribution in [0.2, 0.25) is 0 Å². The lowest BCUT2D eigenvalue weighted by Gasteiger charge is -2.24. The van der Waals surface area contributed by atoms with Crippen LogP contribution < -0.4 is 0 Å². The van der Waals surface area contributed by atoms with E-state index in [4.69, 9.17) is 0 Å². The lowest BCUT2D eigenvalue weighted by molar-refractivity contribution is -0.386. The first kappa shape index (κ1) is 14.0. The summed E-state index contributed by atoms with van der Waals surface area (Å²) < 4.78 is 0. The Hall–Kier alpha value is -1.38. The molecule has 3 nitrogen and oxygen atoms in total. The largest absolute Gasteiger partial charge is 0.273 e. The van der Waals surface area contributed by atoms with Crippen molar-refractivity contribution in [2.45, 2.75) is 64.2 Å². The highest BCUT2D eigenvalue weighted by Gasteiger charge is 2.26. The summed E-state index contributed by atoms with van der Waals surface area (Å²) in [5.74, 6) is 0.515. The number of nitrogens with zero attached hydrogens (tertiary/aromatic N) is 1. The van der Waals surface area contributed by atoms with Gasteiger partial charge in [-0.05, 0) is 29.7 Å². The Morgan fingerprint density at radius 2 is 1.79 bits per heavy atom. The highest BCUT2D eigenvalue weighted by atomic mass is 16.6. The minimum Gasteiger partial charge on any atom is -0.258 e. The van der Waals surface area contributed by atoms with Gasteiger partial charge in [0.25, 0.3) is 5.69 Å². The fourth-order valence-corrected chi connectivity index (χ4v) is 3.02. The molecule has 1 aromatic carbocycles. The van der Waals surface area contributed by atoms with Crippen LogP contribution in [0.3, 0.4) is 0 Å². The van der Waals surface area contributed by atoms with Gasteiger partial charge >= 0.3 is 0 Å². The van der Waals surface area contributed by atoms with E-state index in [1.54, 1.807) is 0 Å². The van der Waals surface area contributed by atoms with E-state index in [1.807, 2.05) is 32.9 Å². The Bertz CT molecular complexity index is 468. The summed E-state index contributed by atoms with van der Waals surface area (Å²) in [6.07, 6.45) is 6.15. The number of hydrogen-bond acceptors (Lipinski definition) is 2. The minimum atomic E-state index is -0.229. The monoisotopic (exact) mass is 261 g/mol. The third kappa shape index (κ3) is 3.14. The molecule has 0 heterocycles. The molecule has 2 rings (SSSR count). The van der Waals surface area contributed by atoms with Crippen molar-refractivity contribution < 1.29 is 4.92 Å². The van der Waals surface area contributed by atoms with Crippen LogP contribution in [0.5, 0.6) is 0 Å². The SMILES string of the molecule is CC(C)(C)c1ccc(C2CCCCC2)cc1[N+](=O)[O-]. The lowest BCUT2D eigenvalue weighted by Crippen LogP contribution is -2.14. The predicted octanol–water partition coefficient (Wildman–Crippen LogP) is 4.94. The maximum atomic E-state index is 11.3. The molecule has 1 fully saturated rings. The molecule has 104 valence electrons. The summed E-state index contributed by atoms with van der Waals surface area (Å²) >= 11 is 0. The van der Waals surface area contributed by atoms with Gasteiger partial charge < -0.3 is 0 Å². The Morgan fingerprint density at radius 1 is 1.16 bits per heavy atom. The molecule has 0 amide bonds. The Morgan fingerprint density at radius 3 is 2.32 bits per heavy atom. The van der Waals surface area contributed by atoms with Gasteiger partial charge in [0.05, 0.1) is 4.92 Å². The number of hydrogen-bond donors (Lipinski definition) is 0. The van der Waals surface area contributed by atoms with E-state index in [2.05, 4.69) is 6.07 Å². The smallest absolute Gasteiger partial charge is 0.258 e. The Kier molecular flexibility index (Phi) is 3.93. The zero-order valence-corrected chi connectivity index (χ0v) is 12.1. The van der Waals surface area contributed by atoms with E-state index in [9.17, 15) is 10.1 Å². The van der Waals surface area contributed by atoms with Crippen LogP contribution >= 0.6 is 0 Å². The maximum absolute atomic E-state index is 11.3. The number of benzene rings is 1. The van der Waals surface area contributed by atoms with E-state index in [1.165, 1.54) is 32.1 Å². The molecule has 0 aliphatic heterocycles. The van der Waals surface area contributed by atoms with Crippen LogP contribution in [0.1, 0.15) is 69.9 Å². The van der Waals surface area contributed by atoms with Crippen molar-refractivity contribution in [1.29, 1.82) is 0 Å². The van der Waals surface area contributed by atoms with Gasteiger partial charge in [0.2, 0.25) is 0 Å². The van der Waals surface area contributed by atoms with Gasteiger partial charge in [0, 0.05) is 11.6 Å². The molecule has 0 bridgehead atoms. The lowest BCUT2D eigenvalue weighted by atomic mass is 9.80. The van der Waals surface area contributed by atoms with Gasteiger partial charge in [-0.1, -0.05) is 52.2 Å². The van der Waals surface area contributed by atoms with Gasteiger partial charge in [-0.2, -0.15) is 0 Å². The van der Waals surface area contributed by atoms with Crippen LogP contribution in [0.25, 0.3) is 0 Å². The first-order valence-electron chi connectivity index (χ1n) is 7.18. The predicted molar refractivity (Wildman–Crippen MR) is 77.6 cm³/mol.